The fourth-order valence-corrected chi connectivity index (χ4v) is 3.01. The Morgan fingerprint density at radius 3 is 2.71 bits per heavy atom. The summed E-state index contributed by atoms with van der Waals surface area (Å²) in [6.07, 6.45) is 1.87. The third-order valence-electron chi connectivity index (χ3n) is 3.68. The number of carbonyl (C=O) groups excluding carboxylic acids is 1. The Morgan fingerprint density at radius 2 is 1.96 bits per heavy atom. The molecule has 7 heteroatoms. The minimum absolute atomic E-state index is 0.167. The highest BCUT2D eigenvalue weighted by Gasteiger charge is 2.07. The van der Waals surface area contributed by atoms with Gasteiger partial charge in [-0.2, -0.15) is 5.10 Å². The molecule has 144 valence electrons. The lowest BCUT2D eigenvalue weighted by Crippen LogP contribution is -2.07. The van der Waals surface area contributed by atoms with Gasteiger partial charge >= 0.3 is 5.97 Å². The van der Waals surface area contributed by atoms with E-state index in [9.17, 15) is 4.79 Å². The molecule has 6 nitrogen and oxygen atoms in total. The van der Waals surface area contributed by atoms with E-state index >= 15 is 0 Å². The van der Waals surface area contributed by atoms with Gasteiger partial charge in [-0.05, 0) is 42.3 Å². The van der Waals surface area contributed by atoms with Crippen molar-refractivity contribution in [1.82, 2.24) is 4.98 Å². The number of benzene rings is 2. The van der Waals surface area contributed by atoms with Crippen LogP contribution >= 0.6 is 11.3 Å². The zero-order chi connectivity index (χ0) is 19.6. The standard InChI is InChI=1S/C21H21N3O3S/c1-2-26-20(25)12-18-15-28-21(23-18)24-22-13-16-8-10-19(11-9-16)27-14-17-6-4-3-5-7-17/h3-11,13,15H,2,12,14H2,1H3,(H,23,24). The van der Waals surface area contributed by atoms with Gasteiger partial charge in [-0.1, -0.05) is 30.3 Å². The Morgan fingerprint density at radius 1 is 1.18 bits per heavy atom. The first kappa shape index (κ1) is 19.6. The van der Waals surface area contributed by atoms with Crippen LogP contribution in [0.2, 0.25) is 0 Å². The van der Waals surface area contributed by atoms with E-state index in [2.05, 4.69) is 15.5 Å². The Bertz CT molecular complexity index is 908. The Balaban J connectivity index is 1.47. The quantitative estimate of drug-likeness (QED) is 0.333. The van der Waals surface area contributed by atoms with Crippen molar-refractivity contribution >= 4 is 28.7 Å². The van der Waals surface area contributed by atoms with E-state index in [1.54, 1.807) is 13.1 Å². The average molecular weight is 395 g/mol. The second kappa shape index (κ2) is 10.2. The van der Waals surface area contributed by atoms with Crippen LogP contribution in [0.5, 0.6) is 5.75 Å². The number of carbonyl (C=O) groups is 1. The Hall–Kier alpha value is -3.19. The number of hydrogen-bond donors (Lipinski definition) is 1. The molecule has 0 fully saturated rings. The smallest absolute Gasteiger partial charge is 0.311 e. The van der Waals surface area contributed by atoms with Gasteiger partial charge in [0, 0.05) is 5.38 Å². The van der Waals surface area contributed by atoms with Crippen LogP contribution in [-0.2, 0) is 22.6 Å². The van der Waals surface area contributed by atoms with E-state index in [4.69, 9.17) is 9.47 Å². The Labute approximate surface area is 167 Å². The number of thiazole rings is 1. The van der Waals surface area contributed by atoms with Crippen LogP contribution in [0.25, 0.3) is 0 Å². The largest absolute Gasteiger partial charge is 0.489 e. The molecule has 3 aromatic rings. The lowest BCUT2D eigenvalue weighted by molar-refractivity contribution is -0.142. The fraction of sp³-hybridized carbons (Fsp3) is 0.190. The summed E-state index contributed by atoms with van der Waals surface area (Å²) in [5.74, 6) is 0.523. The van der Waals surface area contributed by atoms with E-state index in [-0.39, 0.29) is 12.4 Å². The number of esters is 1. The molecule has 28 heavy (non-hydrogen) atoms. The highest BCUT2D eigenvalue weighted by Crippen LogP contribution is 2.16. The van der Waals surface area contributed by atoms with Gasteiger partial charge in [0.2, 0.25) is 5.13 Å². The molecule has 0 spiro atoms. The minimum atomic E-state index is -0.280. The van der Waals surface area contributed by atoms with Crippen molar-refractivity contribution in [3.8, 4) is 5.75 Å². The second-order valence-corrected chi connectivity index (χ2v) is 6.70. The second-order valence-electron chi connectivity index (χ2n) is 5.84. The minimum Gasteiger partial charge on any atom is -0.489 e. The summed E-state index contributed by atoms with van der Waals surface area (Å²) in [4.78, 5) is 15.8. The molecule has 0 radical (unpaired) electrons. The highest BCUT2D eigenvalue weighted by molar-refractivity contribution is 7.13. The van der Waals surface area contributed by atoms with Crippen molar-refractivity contribution < 1.29 is 14.3 Å². The first-order valence-electron chi connectivity index (χ1n) is 8.89. The van der Waals surface area contributed by atoms with E-state index in [0.717, 1.165) is 16.9 Å². The molecule has 0 saturated carbocycles. The average Bonchev–Trinajstić information content (AvgIpc) is 3.15. The lowest BCUT2D eigenvalue weighted by atomic mass is 10.2. The molecule has 0 bridgehead atoms. The van der Waals surface area contributed by atoms with Crippen molar-refractivity contribution in [2.75, 3.05) is 12.0 Å². The summed E-state index contributed by atoms with van der Waals surface area (Å²) >= 11 is 1.39. The normalized spacial score (nSPS) is 10.8. The van der Waals surface area contributed by atoms with Crippen molar-refractivity contribution in [2.24, 2.45) is 5.10 Å². The predicted molar refractivity (Wildman–Crippen MR) is 111 cm³/mol. The molecule has 0 saturated heterocycles. The third kappa shape index (κ3) is 6.21. The molecule has 0 atom stereocenters. The summed E-state index contributed by atoms with van der Waals surface area (Å²) in [6.45, 7) is 2.69. The van der Waals surface area contributed by atoms with Gasteiger partial charge in [-0.15, -0.1) is 11.3 Å². The molecule has 0 aliphatic rings. The van der Waals surface area contributed by atoms with Crippen molar-refractivity contribution in [2.45, 2.75) is 20.0 Å². The SMILES string of the molecule is CCOC(=O)Cc1csc(NN=Cc2ccc(OCc3ccccc3)cc2)n1. The van der Waals surface area contributed by atoms with Gasteiger partial charge in [-0.3, -0.25) is 10.2 Å². The number of aromatic nitrogens is 1. The molecule has 1 N–H and O–H groups in total. The van der Waals surface area contributed by atoms with Gasteiger partial charge in [-0.25, -0.2) is 4.98 Å². The number of rotatable bonds is 9. The summed E-state index contributed by atoms with van der Waals surface area (Å²) in [7, 11) is 0. The zero-order valence-corrected chi connectivity index (χ0v) is 16.3. The van der Waals surface area contributed by atoms with Crippen molar-refractivity contribution in [1.29, 1.82) is 0 Å². The monoisotopic (exact) mass is 395 g/mol. The summed E-state index contributed by atoms with van der Waals surface area (Å²) in [5.41, 5.74) is 5.60. The summed E-state index contributed by atoms with van der Waals surface area (Å²) in [5, 5.41) is 6.62. The molecule has 0 aliphatic carbocycles. The van der Waals surface area contributed by atoms with Gasteiger partial charge in [0.1, 0.15) is 12.4 Å². The first-order chi connectivity index (χ1) is 13.7. The fourth-order valence-electron chi connectivity index (χ4n) is 2.35. The third-order valence-corrected chi connectivity index (χ3v) is 4.48. The van der Waals surface area contributed by atoms with E-state index < -0.39 is 0 Å². The Kier molecular flexibility index (Phi) is 7.14. The van der Waals surface area contributed by atoms with Gasteiger partial charge in [0.05, 0.1) is 24.9 Å². The molecule has 1 aromatic heterocycles. The number of nitrogens with zero attached hydrogens (tertiary/aromatic N) is 2. The van der Waals surface area contributed by atoms with Crippen molar-refractivity contribution in [3.63, 3.8) is 0 Å². The number of nitrogens with one attached hydrogen (secondary N) is 1. The van der Waals surface area contributed by atoms with E-state index in [1.165, 1.54) is 11.3 Å². The maximum absolute atomic E-state index is 11.5. The highest BCUT2D eigenvalue weighted by atomic mass is 32.1. The van der Waals surface area contributed by atoms with Gasteiger partial charge in [0.25, 0.3) is 0 Å². The van der Waals surface area contributed by atoms with E-state index in [1.807, 2.05) is 60.0 Å². The van der Waals surface area contributed by atoms with Crippen LogP contribution in [0.4, 0.5) is 5.13 Å². The topological polar surface area (TPSA) is 72.8 Å². The van der Waals surface area contributed by atoms with Crippen LogP contribution < -0.4 is 10.2 Å². The molecule has 1 heterocycles. The summed E-state index contributed by atoms with van der Waals surface area (Å²) in [6, 6.07) is 17.7. The predicted octanol–water partition coefficient (Wildman–Crippen LogP) is 4.27. The van der Waals surface area contributed by atoms with Gasteiger partial charge in [0.15, 0.2) is 0 Å². The van der Waals surface area contributed by atoms with Crippen LogP contribution in [0, 0.1) is 0 Å². The molecular weight excluding hydrogens is 374 g/mol. The summed E-state index contributed by atoms with van der Waals surface area (Å²) < 4.78 is 10.7. The number of anilines is 1. The maximum atomic E-state index is 11.5. The molecular formula is C21H21N3O3S. The van der Waals surface area contributed by atoms with Crippen LogP contribution in [0.1, 0.15) is 23.7 Å². The molecule has 0 amide bonds. The van der Waals surface area contributed by atoms with Crippen LogP contribution in [-0.4, -0.2) is 23.8 Å². The number of hydrogen-bond acceptors (Lipinski definition) is 7. The lowest BCUT2D eigenvalue weighted by Gasteiger charge is -2.06. The molecule has 3 rings (SSSR count). The molecule has 0 aliphatic heterocycles. The zero-order valence-electron chi connectivity index (χ0n) is 15.5. The molecule has 0 unspecified atom stereocenters. The van der Waals surface area contributed by atoms with E-state index in [0.29, 0.717) is 24.0 Å². The number of hydrazone groups is 1. The van der Waals surface area contributed by atoms with Gasteiger partial charge < -0.3 is 9.47 Å². The molecule has 2 aromatic carbocycles. The maximum Gasteiger partial charge on any atom is 0.311 e. The first-order valence-corrected chi connectivity index (χ1v) is 9.77. The van der Waals surface area contributed by atoms with Crippen LogP contribution in [0.15, 0.2) is 65.1 Å². The number of ether oxygens (including phenoxy) is 2. The van der Waals surface area contributed by atoms with Crippen LogP contribution in [0.3, 0.4) is 0 Å². The van der Waals surface area contributed by atoms with Crippen molar-refractivity contribution in [3.05, 3.63) is 76.8 Å².